The van der Waals surface area contributed by atoms with Gasteiger partial charge in [0.05, 0.1) is 25.1 Å². The Kier molecular flexibility index (Phi) is 5.57. The van der Waals surface area contributed by atoms with Gasteiger partial charge >= 0.3 is 0 Å². The van der Waals surface area contributed by atoms with Crippen molar-refractivity contribution < 1.29 is 14.4 Å². The number of carbonyl (C=O) groups is 1. The van der Waals surface area contributed by atoms with E-state index in [1.807, 2.05) is 63.2 Å². The summed E-state index contributed by atoms with van der Waals surface area (Å²) in [4.78, 5) is 17.7. The third kappa shape index (κ3) is 4.01. The van der Waals surface area contributed by atoms with Gasteiger partial charge in [-0.1, -0.05) is 24.3 Å². The number of amides is 1. The summed E-state index contributed by atoms with van der Waals surface area (Å²) in [6, 6.07) is 15.4. The first kappa shape index (κ1) is 18.7. The molecule has 0 fully saturated rings. The number of rotatable bonds is 6. The van der Waals surface area contributed by atoms with Crippen molar-refractivity contribution in [2.24, 2.45) is 0 Å². The van der Waals surface area contributed by atoms with E-state index in [1.165, 1.54) is 0 Å². The largest absolute Gasteiger partial charge is 0.497 e. The standard InChI is InChI=1S/C21H23N3O3/c1-5-27-23-21(25)20-13-18(16-7-6-8-17(12-16)26-4)22-24(20)19-11-14(2)9-10-15(19)3/h6-13H,5H2,1-4H3,(H,23,25). The second kappa shape index (κ2) is 8.05. The van der Waals surface area contributed by atoms with Gasteiger partial charge in [0.2, 0.25) is 0 Å². The monoisotopic (exact) mass is 365 g/mol. The molecule has 1 N–H and O–H groups in total. The van der Waals surface area contributed by atoms with Crippen molar-refractivity contribution in [3.05, 3.63) is 65.4 Å². The van der Waals surface area contributed by atoms with Crippen molar-refractivity contribution >= 4 is 5.91 Å². The van der Waals surface area contributed by atoms with E-state index in [1.54, 1.807) is 17.9 Å². The molecule has 27 heavy (non-hydrogen) atoms. The predicted molar refractivity (Wildman–Crippen MR) is 104 cm³/mol. The molecule has 0 atom stereocenters. The van der Waals surface area contributed by atoms with Gasteiger partial charge in [-0.25, -0.2) is 10.2 Å². The van der Waals surface area contributed by atoms with Crippen molar-refractivity contribution in [1.29, 1.82) is 0 Å². The van der Waals surface area contributed by atoms with Crippen molar-refractivity contribution in [2.45, 2.75) is 20.8 Å². The van der Waals surface area contributed by atoms with Crippen LogP contribution >= 0.6 is 0 Å². The highest BCUT2D eigenvalue weighted by Crippen LogP contribution is 2.26. The number of nitrogens with zero attached hydrogens (tertiary/aromatic N) is 2. The number of aryl methyl sites for hydroxylation is 2. The fourth-order valence-corrected chi connectivity index (χ4v) is 2.79. The lowest BCUT2D eigenvalue weighted by atomic mass is 10.1. The van der Waals surface area contributed by atoms with Crippen molar-refractivity contribution in [2.75, 3.05) is 13.7 Å². The third-order valence-corrected chi connectivity index (χ3v) is 4.21. The molecule has 1 aromatic heterocycles. The van der Waals surface area contributed by atoms with Gasteiger partial charge in [0.15, 0.2) is 0 Å². The molecular weight excluding hydrogens is 342 g/mol. The number of nitrogens with one attached hydrogen (secondary N) is 1. The van der Waals surface area contributed by atoms with Gasteiger partial charge in [-0.2, -0.15) is 5.10 Å². The zero-order valence-corrected chi connectivity index (χ0v) is 15.9. The quantitative estimate of drug-likeness (QED) is 0.674. The Labute approximate surface area is 158 Å². The summed E-state index contributed by atoms with van der Waals surface area (Å²) in [5, 5.41) is 4.70. The van der Waals surface area contributed by atoms with Gasteiger partial charge in [-0.15, -0.1) is 0 Å². The summed E-state index contributed by atoms with van der Waals surface area (Å²) >= 11 is 0. The van der Waals surface area contributed by atoms with Crippen LogP contribution in [0.3, 0.4) is 0 Å². The van der Waals surface area contributed by atoms with Crippen molar-refractivity contribution in [1.82, 2.24) is 15.3 Å². The first-order valence-electron chi connectivity index (χ1n) is 8.77. The Hall–Kier alpha value is -3.12. The van der Waals surface area contributed by atoms with Gasteiger partial charge < -0.3 is 4.74 Å². The number of ether oxygens (including phenoxy) is 1. The van der Waals surface area contributed by atoms with E-state index < -0.39 is 0 Å². The fraction of sp³-hybridized carbons (Fsp3) is 0.238. The molecule has 6 heteroatoms. The zero-order valence-electron chi connectivity index (χ0n) is 15.9. The van der Waals surface area contributed by atoms with Crippen molar-refractivity contribution in [3.8, 4) is 22.7 Å². The molecular formula is C21H23N3O3. The molecule has 1 amide bonds. The number of hydrogen-bond donors (Lipinski definition) is 1. The normalized spacial score (nSPS) is 10.7. The Morgan fingerprint density at radius 1 is 1.15 bits per heavy atom. The Morgan fingerprint density at radius 2 is 1.96 bits per heavy atom. The highest BCUT2D eigenvalue weighted by molar-refractivity contribution is 5.93. The molecule has 0 radical (unpaired) electrons. The average molecular weight is 365 g/mol. The number of methoxy groups -OCH3 is 1. The number of hydroxylamine groups is 1. The van der Waals surface area contributed by atoms with Gasteiger partial charge in [0.25, 0.3) is 5.91 Å². The van der Waals surface area contributed by atoms with Gasteiger partial charge in [-0.05, 0) is 56.2 Å². The minimum absolute atomic E-state index is 0.348. The molecule has 0 unspecified atom stereocenters. The second-order valence-corrected chi connectivity index (χ2v) is 6.21. The number of hydrogen-bond acceptors (Lipinski definition) is 4. The topological polar surface area (TPSA) is 65.4 Å². The van der Waals surface area contributed by atoms with E-state index in [-0.39, 0.29) is 5.91 Å². The second-order valence-electron chi connectivity index (χ2n) is 6.21. The molecule has 0 saturated heterocycles. The highest BCUT2D eigenvalue weighted by atomic mass is 16.6. The van der Waals surface area contributed by atoms with Crippen molar-refractivity contribution in [3.63, 3.8) is 0 Å². The maximum absolute atomic E-state index is 12.6. The van der Waals surface area contributed by atoms with E-state index >= 15 is 0 Å². The molecule has 140 valence electrons. The number of benzene rings is 2. The Bertz CT molecular complexity index is 963. The van der Waals surface area contributed by atoms with Crippen LogP contribution in [0.2, 0.25) is 0 Å². The molecule has 1 heterocycles. The molecule has 2 aromatic carbocycles. The minimum atomic E-state index is -0.348. The van der Waals surface area contributed by atoms with E-state index in [2.05, 4.69) is 5.48 Å². The summed E-state index contributed by atoms with van der Waals surface area (Å²) in [6.07, 6.45) is 0. The van der Waals surface area contributed by atoms with Gasteiger partial charge in [0.1, 0.15) is 11.4 Å². The molecule has 6 nitrogen and oxygen atoms in total. The summed E-state index contributed by atoms with van der Waals surface area (Å²) in [6.45, 7) is 6.19. The summed E-state index contributed by atoms with van der Waals surface area (Å²) in [5.74, 6) is 0.383. The first-order chi connectivity index (χ1) is 13.0. The van der Waals surface area contributed by atoms with Crippen LogP contribution in [-0.2, 0) is 4.84 Å². The molecule has 0 aliphatic heterocycles. The number of carbonyl (C=O) groups excluding carboxylic acids is 1. The third-order valence-electron chi connectivity index (χ3n) is 4.21. The summed E-state index contributed by atoms with van der Waals surface area (Å²) in [7, 11) is 1.62. The number of aromatic nitrogens is 2. The van der Waals surface area contributed by atoms with Crippen LogP contribution in [0.25, 0.3) is 16.9 Å². The molecule has 3 rings (SSSR count). The molecule has 0 saturated carbocycles. The van der Waals surface area contributed by atoms with E-state index in [4.69, 9.17) is 14.7 Å². The smallest absolute Gasteiger partial charge is 0.293 e. The van der Waals surface area contributed by atoms with Gasteiger partial charge in [-0.3, -0.25) is 9.63 Å². The predicted octanol–water partition coefficient (Wildman–Crippen LogP) is 3.85. The molecule has 0 spiro atoms. The maximum Gasteiger partial charge on any atom is 0.293 e. The lowest BCUT2D eigenvalue weighted by molar-refractivity contribution is 0.0357. The first-order valence-corrected chi connectivity index (χ1v) is 8.77. The summed E-state index contributed by atoms with van der Waals surface area (Å²) in [5.41, 5.74) is 7.36. The van der Waals surface area contributed by atoms with E-state index in [9.17, 15) is 4.79 Å². The van der Waals surface area contributed by atoms with Crippen LogP contribution in [0.15, 0.2) is 48.5 Å². The molecule has 0 aliphatic carbocycles. The van der Waals surface area contributed by atoms with Crippen LogP contribution in [-0.4, -0.2) is 29.4 Å². The maximum atomic E-state index is 12.6. The molecule has 0 bridgehead atoms. The van der Waals surface area contributed by atoms with Crippen LogP contribution in [0.1, 0.15) is 28.5 Å². The minimum Gasteiger partial charge on any atom is -0.497 e. The van der Waals surface area contributed by atoms with E-state index in [0.717, 1.165) is 28.1 Å². The fourth-order valence-electron chi connectivity index (χ4n) is 2.79. The van der Waals surface area contributed by atoms with Crippen LogP contribution < -0.4 is 10.2 Å². The van der Waals surface area contributed by atoms with E-state index in [0.29, 0.717) is 18.0 Å². The van der Waals surface area contributed by atoms with Crippen LogP contribution in [0.5, 0.6) is 5.75 Å². The van der Waals surface area contributed by atoms with Crippen LogP contribution in [0, 0.1) is 13.8 Å². The summed E-state index contributed by atoms with van der Waals surface area (Å²) < 4.78 is 6.96. The SMILES string of the molecule is CCONC(=O)c1cc(-c2cccc(OC)c2)nn1-c1cc(C)ccc1C. The molecule has 3 aromatic rings. The Morgan fingerprint density at radius 3 is 2.70 bits per heavy atom. The lowest BCUT2D eigenvalue weighted by Gasteiger charge is -2.11. The zero-order chi connectivity index (χ0) is 19.4. The molecule has 0 aliphatic rings. The highest BCUT2D eigenvalue weighted by Gasteiger charge is 2.19. The Balaban J connectivity index is 2.13. The van der Waals surface area contributed by atoms with Gasteiger partial charge in [0, 0.05) is 5.56 Å². The average Bonchev–Trinajstić information content (AvgIpc) is 3.13. The van der Waals surface area contributed by atoms with Crippen LogP contribution in [0.4, 0.5) is 0 Å². The lowest BCUT2D eigenvalue weighted by Crippen LogP contribution is -2.26.